The highest BCUT2D eigenvalue weighted by Gasteiger charge is 2.08. The molecular weight excluding hydrogens is 170 g/mol. The van der Waals surface area contributed by atoms with Gasteiger partial charge >= 0.3 is 0 Å². The van der Waals surface area contributed by atoms with Crippen LogP contribution in [0.5, 0.6) is 0 Å². The molecule has 1 unspecified atom stereocenters. The third-order valence-corrected chi connectivity index (χ3v) is 1.99. The summed E-state index contributed by atoms with van der Waals surface area (Å²) in [5, 5.41) is -2.89. The molecule has 0 radical (unpaired) electrons. The average molecular weight is 175 g/mol. The summed E-state index contributed by atoms with van der Waals surface area (Å²) in [6, 6.07) is 0. The highest BCUT2D eigenvalue weighted by Crippen LogP contribution is 2.15. The van der Waals surface area contributed by atoms with E-state index in [-0.39, 0.29) is 5.75 Å². The van der Waals surface area contributed by atoms with Gasteiger partial charge < -0.3 is 0 Å². The van der Waals surface area contributed by atoms with Gasteiger partial charge in [-0.1, -0.05) is 6.92 Å². The Balaban J connectivity index is 4.21. The van der Waals surface area contributed by atoms with Crippen molar-refractivity contribution >= 4 is 22.4 Å². The molecule has 1 nitrogen and oxygen atoms in total. The summed E-state index contributed by atoms with van der Waals surface area (Å²) in [5.41, 5.74) is 0. The molecule has 0 aromatic rings. The van der Waals surface area contributed by atoms with E-state index in [2.05, 4.69) is 11.6 Å². The van der Waals surface area contributed by atoms with Crippen molar-refractivity contribution < 1.29 is 13.0 Å². The first kappa shape index (κ1) is 9.04. The smallest absolute Gasteiger partial charge is 0.234 e. The molecule has 0 saturated carbocycles. The minimum atomic E-state index is -1.90. The van der Waals surface area contributed by atoms with Crippen LogP contribution in [0.2, 0.25) is 0 Å². The van der Waals surface area contributed by atoms with Crippen molar-refractivity contribution in [3.05, 3.63) is 10.4 Å². The monoisotopic (exact) mass is 174 g/mol. The van der Waals surface area contributed by atoms with Gasteiger partial charge in [-0.05, 0) is 11.6 Å². The molecule has 0 N–H and O–H groups in total. The van der Waals surface area contributed by atoms with Gasteiger partial charge in [0.2, 0.25) is 10.4 Å². The molecule has 5 heteroatoms. The molecule has 0 fully saturated rings. The van der Waals surface area contributed by atoms with E-state index in [1.165, 1.54) is 6.92 Å². The molecule has 54 valence electrons. The van der Waals surface area contributed by atoms with Crippen molar-refractivity contribution in [3.8, 4) is 0 Å². The fraction of sp³-hybridized carbons (Fsp3) is 0.500. The largest absolute Gasteiger partial charge is 0.252 e. The Morgan fingerprint density at radius 1 is 1.67 bits per heavy atom. The van der Waals surface area contributed by atoms with Crippen LogP contribution < -0.4 is 0 Å². The molecular formula is C4H5ClF2OS. The molecule has 0 aliphatic carbocycles. The molecule has 0 spiro atoms. The normalized spacial score (nSPS) is 16.9. The zero-order valence-corrected chi connectivity index (χ0v) is 6.23. The summed E-state index contributed by atoms with van der Waals surface area (Å²) in [4.78, 5) is 0. The van der Waals surface area contributed by atoms with Crippen molar-refractivity contribution in [1.29, 1.82) is 0 Å². The van der Waals surface area contributed by atoms with E-state index in [0.29, 0.717) is 0 Å². The SMILES string of the molecule is CCS(=O)C(F)=C(F)Cl. The maximum Gasteiger partial charge on any atom is 0.234 e. The van der Waals surface area contributed by atoms with Crippen LogP contribution in [0, 0.1) is 0 Å². The molecule has 0 aliphatic rings. The second-order valence-corrected chi connectivity index (χ2v) is 3.13. The van der Waals surface area contributed by atoms with Crippen molar-refractivity contribution in [2.45, 2.75) is 6.92 Å². The quantitative estimate of drug-likeness (QED) is 0.626. The van der Waals surface area contributed by atoms with Crippen LogP contribution in [-0.2, 0) is 10.8 Å². The molecule has 0 rings (SSSR count). The van der Waals surface area contributed by atoms with E-state index in [0.717, 1.165) is 0 Å². The lowest BCUT2D eigenvalue weighted by molar-refractivity contribution is 0.598. The fourth-order valence-electron chi connectivity index (χ4n) is 0.213. The zero-order valence-electron chi connectivity index (χ0n) is 4.66. The Kier molecular flexibility index (Phi) is 3.97. The van der Waals surface area contributed by atoms with E-state index >= 15 is 0 Å². The summed E-state index contributed by atoms with van der Waals surface area (Å²) < 4.78 is 33.9. The predicted molar refractivity (Wildman–Crippen MR) is 33.8 cm³/mol. The summed E-state index contributed by atoms with van der Waals surface area (Å²) in [6.07, 6.45) is 0. The highest BCUT2D eigenvalue weighted by molar-refractivity contribution is 7.88. The maximum absolute atomic E-state index is 12.0. The molecule has 0 aromatic carbocycles. The van der Waals surface area contributed by atoms with Gasteiger partial charge in [-0.15, -0.1) is 0 Å². The molecule has 0 aliphatic heterocycles. The van der Waals surface area contributed by atoms with Crippen LogP contribution >= 0.6 is 11.6 Å². The van der Waals surface area contributed by atoms with Gasteiger partial charge in [-0.3, -0.25) is 4.21 Å². The lowest BCUT2D eigenvalue weighted by atomic mass is 11.0. The van der Waals surface area contributed by atoms with E-state index in [1.807, 2.05) is 0 Å². The maximum atomic E-state index is 12.0. The third-order valence-electron chi connectivity index (χ3n) is 0.611. The molecule has 0 aromatic heterocycles. The number of hydrogen-bond donors (Lipinski definition) is 0. The van der Waals surface area contributed by atoms with Crippen LogP contribution in [0.4, 0.5) is 8.78 Å². The molecule has 0 saturated heterocycles. The second-order valence-electron chi connectivity index (χ2n) is 1.17. The first-order valence-corrected chi connectivity index (χ1v) is 3.88. The first-order chi connectivity index (χ1) is 4.09. The summed E-state index contributed by atoms with van der Waals surface area (Å²) in [6.45, 7) is 1.47. The Morgan fingerprint density at radius 3 is 2.22 bits per heavy atom. The number of halogens is 3. The van der Waals surface area contributed by atoms with E-state index in [9.17, 15) is 13.0 Å². The average Bonchev–Trinajstić information content (AvgIpc) is 1.84. The highest BCUT2D eigenvalue weighted by atomic mass is 35.5. The number of hydrogen-bond acceptors (Lipinski definition) is 1. The van der Waals surface area contributed by atoms with Gasteiger partial charge in [0.05, 0.1) is 10.8 Å². The third kappa shape index (κ3) is 2.91. The molecule has 0 amide bonds. The minimum absolute atomic E-state index is 0.0337. The van der Waals surface area contributed by atoms with Crippen molar-refractivity contribution in [3.63, 3.8) is 0 Å². The van der Waals surface area contributed by atoms with Gasteiger partial charge in [-0.25, -0.2) is 0 Å². The Morgan fingerprint density at radius 2 is 2.11 bits per heavy atom. The van der Waals surface area contributed by atoms with E-state index in [1.54, 1.807) is 0 Å². The van der Waals surface area contributed by atoms with Crippen molar-refractivity contribution in [2.24, 2.45) is 0 Å². The topological polar surface area (TPSA) is 17.1 Å². The van der Waals surface area contributed by atoms with Gasteiger partial charge in [0.25, 0.3) is 0 Å². The minimum Gasteiger partial charge on any atom is -0.252 e. The van der Waals surface area contributed by atoms with Gasteiger partial charge in [0.1, 0.15) is 0 Å². The summed E-state index contributed by atoms with van der Waals surface area (Å²) >= 11 is 4.55. The van der Waals surface area contributed by atoms with Gasteiger partial charge in [0.15, 0.2) is 0 Å². The van der Waals surface area contributed by atoms with E-state index < -0.39 is 21.2 Å². The molecule has 0 bridgehead atoms. The van der Waals surface area contributed by atoms with Crippen LogP contribution in [0.15, 0.2) is 10.4 Å². The summed E-state index contributed by atoms with van der Waals surface area (Å²) in [7, 11) is -1.90. The Labute approximate surface area is 59.2 Å². The first-order valence-electron chi connectivity index (χ1n) is 2.18. The lowest BCUT2D eigenvalue weighted by Gasteiger charge is -1.90. The molecule has 0 heterocycles. The predicted octanol–water partition coefficient (Wildman–Crippen LogP) is 2.06. The van der Waals surface area contributed by atoms with Crippen molar-refractivity contribution in [1.82, 2.24) is 0 Å². The molecule has 1 atom stereocenters. The van der Waals surface area contributed by atoms with Crippen LogP contribution in [0.1, 0.15) is 6.92 Å². The van der Waals surface area contributed by atoms with Gasteiger partial charge in [0, 0.05) is 5.75 Å². The Hall–Kier alpha value is 0.0400. The van der Waals surface area contributed by atoms with Crippen LogP contribution in [0.25, 0.3) is 0 Å². The zero-order chi connectivity index (χ0) is 7.44. The van der Waals surface area contributed by atoms with Crippen LogP contribution in [-0.4, -0.2) is 9.96 Å². The molecule has 9 heavy (non-hydrogen) atoms. The summed E-state index contributed by atoms with van der Waals surface area (Å²) in [5.74, 6) is 0.0337. The Bertz CT molecular complexity index is 153. The second kappa shape index (κ2) is 3.95. The van der Waals surface area contributed by atoms with E-state index in [4.69, 9.17) is 0 Å². The standard InChI is InChI=1S/C4H5ClF2OS/c1-2-9(8)4(7)3(5)6/h2H2,1H3. The van der Waals surface area contributed by atoms with Gasteiger partial charge in [-0.2, -0.15) is 8.78 Å². The lowest BCUT2D eigenvalue weighted by Crippen LogP contribution is -1.92. The fourth-order valence-corrected chi connectivity index (χ4v) is 0.896. The number of rotatable bonds is 2. The van der Waals surface area contributed by atoms with Crippen LogP contribution in [0.3, 0.4) is 0 Å². The van der Waals surface area contributed by atoms with Crippen molar-refractivity contribution in [2.75, 3.05) is 5.75 Å².